The smallest absolute Gasteiger partial charge is 0.124 e. The Bertz CT molecular complexity index is 655. The molecule has 1 heterocycles. The number of thiazole rings is 1. The van der Waals surface area contributed by atoms with Crippen LogP contribution in [0.1, 0.15) is 5.69 Å². The predicted molar refractivity (Wildman–Crippen MR) is 74.6 cm³/mol. The summed E-state index contributed by atoms with van der Waals surface area (Å²) in [5, 5.41) is 5.54. The zero-order valence-electron chi connectivity index (χ0n) is 9.06. The molecule has 0 saturated carbocycles. The van der Waals surface area contributed by atoms with Gasteiger partial charge in [-0.1, -0.05) is 42.5 Å². The van der Waals surface area contributed by atoms with Crippen molar-refractivity contribution in [3.8, 4) is 10.6 Å². The summed E-state index contributed by atoms with van der Waals surface area (Å²) in [7, 11) is 0. The van der Waals surface area contributed by atoms with E-state index < -0.39 is 0 Å². The minimum atomic E-state index is 0.473. The van der Waals surface area contributed by atoms with E-state index in [0.29, 0.717) is 5.88 Å². The molecule has 0 aliphatic carbocycles. The number of hydrogen-bond donors (Lipinski definition) is 0. The summed E-state index contributed by atoms with van der Waals surface area (Å²) < 4.78 is 0. The maximum absolute atomic E-state index is 5.79. The van der Waals surface area contributed by atoms with Crippen molar-refractivity contribution < 1.29 is 0 Å². The van der Waals surface area contributed by atoms with Crippen LogP contribution in [0.25, 0.3) is 21.3 Å². The maximum Gasteiger partial charge on any atom is 0.124 e. The molecule has 0 atom stereocenters. The van der Waals surface area contributed by atoms with Gasteiger partial charge in [0, 0.05) is 10.9 Å². The first-order valence-electron chi connectivity index (χ1n) is 5.37. The molecule has 0 spiro atoms. The van der Waals surface area contributed by atoms with Crippen LogP contribution in [0.2, 0.25) is 0 Å². The van der Waals surface area contributed by atoms with Gasteiger partial charge in [0.05, 0.1) is 11.6 Å². The lowest BCUT2D eigenvalue weighted by Gasteiger charge is -2.02. The van der Waals surface area contributed by atoms with Crippen LogP contribution >= 0.6 is 22.9 Å². The Morgan fingerprint density at radius 1 is 1.06 bits per heavy atom. The first-order valence-corrected chi connectivity index (χ1v) is 6.78. The highest BCUT2D eigenvalue weighted by Gasteiger charge is 2.07. The van der Waals surface area contributed by atoms with Crippen LogP contribution in [0.4, 0.5) is 0 Å². The molecule has 0 saturated heterocycles. The fourth-order valence-electron chi connectivity index (χ4n) is 1.90. The van der Waals surface area contributed by atoms with Gasteiger partial charge in [-0.05, 0) is 10.8 Å². The van der Waals surface area contributed by atoms with E-state index in [1.54, 1.807) is 11.3 Å². The van der Waals surface area contributed by atoms with Crippen LogP contribution in [-0.4, -0.2) is 4.98 Å². The molecule has 0 aliphatic heterocycles. The molecule has 0 unspecified atom stereocenters. The second-order valence-corrected chi connectivity index (χ2v) is 4.93. The fraction of sp³-hybridized carbons (Fsp3) is 0.0714. The normalized spacial score (nSPS) is 10.9. The van der Waals surface area contributed by atoms with Gasteiger partial charge in [0.1, 0.15) is 5.01 Å². The summed E-state index contributed by atoms with van der Waals surface area (Å²) in [6.45, 7) is 0. The third-order valence-electron chi connectivity index (χ3n) is 2.71. The van der Waals surface area contributed by atoms with Crippen LogP contribution in [0, 0.1) is 0 Å². The molecule has 0 aliphatic rings. The highest BCUT2D eigenvalue weighted by molar-refractivity contribution is 7.13. The van der Waals surface area contributed by atoms with Crippen LogP contribution in [-0.2, 0) is 5.88 Å². The fourth-order valence-corrected chi connectivity index (χ4v) is 2.99. The van der Waals surface area contributed by atoms with Gasteiger partial charge in [0.2, 0.25) is 0 Å². The highest BCUT2D eigenvalue weighted by atomic mass is 35.5. The van der Waals surface area contributed by atoms with Gasteiger partial charge in [-0.2, -0.15) is 0 Å². The number of halogens is 1. The molecule has 0 amide bonds. The SMILES string of the molecule is ClCc1csc(-c2cccc3ccccc23)n1. The monoisotopic (exact) mass is 259 g/mol. The molecule has 0 N–H and O–H groups in total. The topological polar surface area (TPSA) is 12.9 Å². The van der Waals surface area contributed by atoms with Crippen molar-refractivity contribution in [2.45, 2.75) is 5.88 Å². The number of fused-ring (bicyclic) bond motifs is 1. The van der Waals surface area contributed by atoms with E-state index in [1.807, 2.05) is 5.38 Å². The van der Waals surface area contributed by atoms with Crippen LogP contribution in [0.15, 0.2) is 47.8 Å². The summed E-state index contributed by atoms with van der Waals surface area (Å²) in [5.41, 5.74) is 2.13. The quantitative estimate of drug-likeness (QED) is 0.608. The number of hydrogen-bond acceptors (Lipinski definition) is 2. The summed E-state index contributed by atoms with van der Waals surface area (Å²) >= 11 is 7.44. The Hall–Kier alpha value is -1.38. The number of nitrogens with zero attached hydrogens (tertiary/aromatic N) is 1. The molecule has 0 radical (unpaired) electrons. The Kier molecular flexibility index (Phi) is 2.83. The minimum absolute atomic E-state index is 0.473. The zero-order valence-corrected chi connectivity index (χ0v) is 10.6. The van der Waals surface area contributed by atoms with Crippen LogP contribution in [0.3, 0.4) is 0 Å². The molecule has 2 aromatic carbocycles. The van der Waals surface area contributed by atoms with Crippen molar-refractivity contribution in [1.29, 1.82) is 0 Å². The van der Waals surface area contributed by atoms with E-state index in [2.05, 4.69) is 47.4 Å². The molecule has 17 heavy (non-hydrogen) atoms. The van der Waals surface area contributed by atoms with Crippen molar-refractivity contribution in [3.05, 3.63) is 53.5 Å². The minimum Gasteiger partial charge on any atom is -0.240 e. The summed E-state index contributed by atoms with van der Waals surface area (Å²) in [6, 6.07) is 14.7. The van der Waals surface area contributed by atoms with Gasteiger partial charge in [0.25, 0.3) is 0 Å². The van der Waals surface area contributed by atoms with Gasteiger partial charge in [-0.25, -0.2) is 4.98 Å². The summed E-state index contributed by atoms with van der Waals surface area (Å²) in [4.78, 5) is 4.54. The third kappa shape index (κ3) is 1.94. The van der Waals surface area contributed by atoms with Crippen molar-refractivity contribution >= 4 is 33.7 Å². The average Bonchev–Trinajstić information content (AvgIpc) is 2.87. The van der Waals surface area contributed by atoms with Crippen LogP contribution < -0.4 is 0 Å². The van der Waals surface area contributed by atoms with E-state index in [-0.39, 0.29) is 0 Å². The molecule has 84 valence electrons. The molecule has 1 aromatic heterocycles. The Labute approximate surface area is 109 Å². The van der Waals surface area contributed by atoms with Crippen molar-refractivity contribution in [2.75, 3.05) is 0 Å². The first-order chi connectivity index (χ1) is 8.38. The average molecular weight is 260 g/mol. The van der Waals surface area contributed by atoms with Gasteiger partial charge < -0.3 is 0 Å². The molecular weight excluding hydrogens is 250 g/mol. The number of benzene rings is 2. The molecule has 0 fully saturated rings. The Morgan fingerprint density at radius 3 is 2.71 bits per heavy atom. The predicted octanol–water partition coefficient (Wildman–Crippen LogP) is 4.70. The number of alkyl halides is 1. The van der Waals surface area contributed by atoms with E-state index in [9.17, 15) is 0 Å². The Balaban J connectivity index is 2.23. The molecule has 3 rings (SSSR count). The van der Waals surface area contributed by atoms with Crippen molar-refractivity contribution in [3.63, 3.8) is 0 Å². The van der Waals surface area contributed by atoms with E-state index in [1.165, 1.54) is 16.3 Å². The molecule has 1 nitrogen and oxygen atoms in total. The zero-order chi connectivity index (χ0) is 11.7. The van der Waals surface area contributed by atoms with Crippen molar-refractivity contribution in [1.82, 2.24) is 4.98 Å². The highest BCUT2D eigenvalue weighted by Crippen LogP contribution is 2.30. The largest absolute Gasteiger partial charge is 0.240 e. The van der Waals surface area contributed by atoms with E-state index in [4.69, 9.17) is 11.6 Å². The first kappa shape index (κ1) is 10.8. The van der Waals surface area contributed by atoms with Crippen LogP contribution in [0.5, 0.6) is 0 Å². The Morgan fingerprint density at radius 2 is 1.88 bits per heavy atom. The lowest BCUT2D eigenvalue weighted by molar-refractivity contribution is 1.23. The molecule has 3 heteroatoms. The van der Waals surface area contributed by atoms with Crippen molar-refractivity contribution in [2.24, 2.45) is 0 Å². The number of rotatable bonds is 2. The second kappa shape index (κ2) is 4.47. The van der Waals surface area contributed by atoms with Gasteiger partial charge in [-0.3, -0.25) is 0 Å². The number of aromatic nitrogens is 1. The van der Waals surface area contributed by atoms with E-state index >= 15 is 0 Å². The summed E-state index contributed by atoms with van der Waals surface area (Å²) in [6.07, 6.45) is 0. The van der Waals surface area contributed by atoms with Gasteiger partial charge in [-0.15, -0.1) is 22.9 Å². The van der Waals surface area contributed by atoms with Gasteiger partial charge in [0.15, 0.2) is 0 Å². The van der Waals surface area contributed by atoms with E-state index in [0.717, 1.165) is 10.7 Å². The lowest BCUT2D eigenvalue weighted by atomic mass is 10.1. The summed E-state index contributed by atoms with van der Waals surface area (Å²) in [5.74, 6) is 0.473. The molecule has 0 bridgehead atoms. The second-order valence-electron chi connectivity index (χ2n) is 3.80. The molecule has 3 aromatic rings. The molecular formula is C14H10ClNS. The third-order valence-corrected chi connectivity index (χ3v) is 3.91. The lowest BCUT2D eigenvalue weighted by Crippen LogP contribution is -1.81. The van der Waals surface area contributed by atoms with Gasteiger partial charge >= 0.3 is 0 Å². The maximum atomic E-state index is 5.79. The standard InChI is InChI=1S/C14H10ClNS/c15-8-11-9-17-14(16-11)13-7-3-5-10-4-1-2-6-12(10)13/h1-7,9H,8H2.